The lowest BCUT2D eigenvalue weighted by atomic mass is 10.2. The predicted octanol–water partition coefficient (Wildman–Crippen LogP) is 4.47. The number of nitrogens with zero attached hydrogens (tertiary/aromatic N) is 1. The minimum Gasteiger partial charge on any atom is -0.218 e. The molecule has 0 radical (unpaired) electrons. The summed E-state index contributed by atoms with van der Waals surface area (Å²) in [5.74, 6) is -0.574. The van der Waals surface area contributed by atoms with Crippen LogP contribution in [0.5, 0.6) is 0 Å². The Morgan fingerprint density at radius 3 is 2.14 bits per heavy atom. The van der Waals surface area contributed by atoms with Crippen LogP contribution in [0.3, 0.4) is 0 Å². The average Bonchev–Trinajstić information content (AvgIpc) is 2.47. The van der Waals surface area contributed by atoms with Crippen LogP contribution in [0.1, 0.15) is 5.56 Å². The fourth-order valence-electron chi connectivity index (χ4n) is 1.69. The summed E-state index contributed by atoms with van der Waals surface area (Å²) in [5.41, 5.74) is 0.230. The zero-order valence-corrected chi connectivity index (χ0v) is 13.3. The molecule has 0 aliphatic carbocycles. The topological polar surface area (TPSA) is 57.9 Å². The first-order chi connectivity index (χ1) is 10.4. The Hall–Kier alpha value is -1.87. The van der Waals surface area contributed by atoms with Crippen molar-refractivity contribution >= 4 is 39.1 Å². The molecular formula is C15H8Cl2FNO2S. The van der Waals surface area contributed by atoms with Gasteiger partial charge in [0.2, 0.25) is 9.84 Å². The molecule has 2 aromatic carbocycles. The van der Waals surface area contributed by atoms with E-state index in [1.54, 1.807) is 12.1 Å². The maximum Gasteiger partial charge on any atom is 0.216 e. The fraction of sp³-hybridized carbons (Fsp3) is 0. The van der Waals surface area contributed by atoms with Crippen LogP contribution in [0.15, 0.2) is 52.3 Å². The highest BCUT2D eigenvalue weighted by molar-refractivity contribution is 7.95. The zero-order valence-electron chi connectivity index (χ0n) is 10.9. The minimum absolute atomic E-state index is 0.190. The molecule has 0 aliphatic rings. The monoisotopic (exact) mass is 355 g/mol. The Bertz CT molecular complexity index is 864. The molecule has 0 unspecified atom stereocenters. The Morgan fingerprint density at radius 2 is 1.64 bits per heavy atom. The largest absolute Gasteiger partial charge is 0.218 e. The van der Waals surface area contributed by atoms with Crippen LogP contribution in [0.4, 0.5) is 4.39 Å². The highest BCUT2D eigenvalue weighted by atomic mass is 35.5. The van der Waals surface area contributed by atoms with Gasteiger partial charge >= 0.3 is 0 Å². The smallest absolute Gasteiger partial charge is 0.216 e. The standard InChI is InChI=1S/C15H8Cl2FNO2S/c16-14-2-1-3-15(17)13(14)8-12(9-19)22(20,21)11-6-4-10(18)5-7-11/h1-8H/b12-8+. The van der Waals surface area contributed by atoms with Crippen LogP contribution in [-0.4, -0.2) is 8.42 Å². The third kappa shape index (κ3) is 3.30. The van der Waals surface area contributed by atoms with Gasteiger partial charge in [-0.3, -0.25) is 0 Å². The van der Waals surface area contributed by atoms with Gasteiger partial charge in [0.15, 0.2) is 0 Å². The van der Waals surface area contributed by atoms with Gasteiger partial charge in [0.1, 0.15) is 16.8 Å². The zero-order chi connectivity index (χ0) is 16.3. The van der Waals surface area contributed by atoms with Gasteiger partial charge in [-0.1, -0.05) is 29.3 Å². The van der Waals surface area contributed by atoms with E-state index < -0.39 is 20.6 Å². The molecule has 0 N–H and O–H groups in total. The van der Waals surface area contributed by atoms with Crippen LogP contribution >= 0.6 is 23.2 Å². The molecular weight excluding hydrogens is 348 g/mol. The number of hydrogen-bond acceptors (Lipinski definition) is 3. The number of nitriles is 1. The minimum atomic E-state index is -4.08. The van der Waals surface area contributed by atoms with E-state index in [2.05, 4.69) is 0 Å². The lowest BCUT2D eigenvalue weighted by Gasteiger charge is -2.05. The summed E-state index contributed by atoms with van der Waals surface area (Å²) in [6.07, 6.45) is 1.10. The number of rotatable bonds is 3. The first-order valence-electron chi connectivity index (χ1n) is 5.92. The summed E-state index contributed by atoms with van der Waals surface area (Å²) in [7, 11) is -4.08. The highest BCUT2D eigenvalue weighted by Crippen LogP contribution is 2.29. The van der Waals surface area contributed by atoms with Crippen molar-refractivity contribution in [2.24, 2.45) is 0 Å². The van der Waals surface area contributed by atoms with Crippen molar-refractivity contribution in [2.75, 3.05) is 0 Å². The van der Waals surface area contributed by atoms with E-state index in [4.69, 9.17) is 28.5 Å². The van der Waals surface area contributed by atoms with Crippen molar-refractivity contribution < 1.29 is 12.8 Å². The van der Waals surface area contributed by atoms with Crippen molar-refractivity contribution in [1.82, 2.24) is 0 Å². The average molecular weight is 356 g/mol. The van der Waals surface area contributed by atoms with Crippen LogP contribution in [0, 0.1) is 17.1 Å². The molecule has 3 nitrogen and oxygen atoms in total. The Kier molecular flexibility index (Phi) is 4.87. The quantitative estimate of drug-likeness (QED) is 0.602. The van der Waals surface area contributed by atoms with Crippen LogP contribution in [0.25, 0.3) is 6.08 Å². The van der Waals surface area contributed by atoms with Gasteiger partial charge in [0.05, 0.1) is 4.90 Å². The van der Waals surface area contributed by atoms with E-state index in [0.29, 0.717) is 0 Å². The Morgan fingerprint density at radius 1 is 1.09 bits per heavy atom. The van der Waals surface area contributed by atoms with Crippen LogP contribution in [-0.2, 0) is 9.84 Å². The summed E-state index contributed by atoms with van der Waals surface area (Å²) in [5, 5.41) is 9.60. The SMILES string of the molecule is N#C/C(=C\c1c(Cl)cccc1Cl)S(=O)(=O)c1ccc(F)cc1. The van der Waals surface area contributed by atoms with Gasteiger partial charge < -0.3 is 0 Å². The second kappa shape index (κ2) is 6.49. The van der Waals surface area contributed by atoms with Crippen LogP contribution < -0.4 is 0 Å². The van der Waals surface area contributed by atoms with E-state index >= 15 is 0 Å². The summed E-state index contributed by atoms with van der Waals surface area (Å²) < 4.78 is 37.7. The number of halogens is 3. The number of sulfone groups is 1. The fourth-order valence-corrected chi connectivity index (χ4v) is 3.34. The second-order valence-electron chi connectivity index (χ2n) is 4.21. The van der Waals surface area contributed by atoms with Crippen molar-refractivity contribution in [3.8, 4) is 6.07 Å². The summed E-state index contributed by atoms with van der Waals surface area (Å²) in [4.78, 5) is -0.723. The molecule has 0 heterocycles. The van der Waals surface area contributed by atoms with Gasteiger partial charge in [0, 0.05) is 15.6 Å². The molecule has 0 fully saturated rings. The molecule has 22 heavy (non-hydrogen) atoms. The molecule has 7 heteroatoms. The van der Waals surface area contributed by atoms with Crippen molar-refractivity contribution in [3.63, 3.8) is 0 Å². The molecule has 0 aromatic heterocycles. The first-order valence-corrected chi connectivity index (χ1v) is 8.16. The molecule has 0 saturated heterocycles. The van der Waals surface area contributed by atoms with Crippen LogP contribution in [0.2, 0.25) is 10.0 Å². The van der Waals surface area contributed by atoms with Gasteiger partial charge in [-0.25, -0.2) is 12.8 Å². The number of benzene rings is 2. The molecule has 2 rings (SSSR count). The lowest BCUT2D eigenvalue weighted by Crippen LogP contribution is -2.03. The molecule has 112 valence electrons. The second-order valence-corrected chi connectivity index (χ2v) is 6.95. The molecule has 0 amide bonds. The van der Waals surface area contributed by atoms with E-state index in [1.807, 2.05) is 0 Å². The van der Waals surface area contributed by atoms with E-state index in [-0.39, 0.29) is 20.5 Å². The Balaban J connectivity index is 2.59. The molecule has 0 saturated carbocycles. The van der Waals surface area contributed by atoms with Crippen molar-refractivity contribution in [1.29, 1.82) is 5.26 Å². The van der Waals surface area contributed by atoms with E-state index in [1.165, 1.54) is 12.1 Å². The highest BCUT2D eigenvalue weighted by Gasteiger charge is 2.21. The summed E-state index contributed by atoms with van der Waals surface area (Å²) >= 11 is 11.9. The Labute approximate surface area is 137 Å². The summed E-state index contributed by atoms with van der Waals surface area (Å²) in [6, 6.07) is 10.5. The molecule has 0 aliphatic heterocycles. The maximum absolute atomic E-state index is 12.9. The molecule has 0 spiro atoms. The maximum atomic E-state index is 12.9. The molecule has 0 bridgehead atoms. The van der Waals surface area contributed by atoms with E-state index in [0.717, 1.165) is 30.3 Å². The first kappa shape index (κ1) is 16.5. The molecule has 0 atom stereocenters. The van der Waals surface area contributed by atoms with Gasteiger partial charge in [0.25, 0.3) is 0 Å². The van der Waals surface area contributed by atoms with Gasteiger partial charge in [-0.2, -0.15) is 5.26 Å². The summed E-state index contributed by atoms with van der Waals surface area (Å²) in [6.45, 7) is 0. The normalized spacial score (nSPS) is 12.0. The van der Waals surface area contributed by atoms with E-state index in [9.17, 15) is 12.8 Å². The number of hydrogen-bond donors (Lipinski definition) is 0. The lowest BCUT2D eigenvalue weighted by molar-refractivity contribution is 0.601. The predicted molar refractivity (Wildman–Crippen MR) is 83.6 cm³/mol. The number of allylic oxidation sites excluding steroid dienone is 1. The molecule has 2 aromatic rings. The van der Waals surface area contributed by atoms with Gasteiger partial charge in [-0.15, -0.1) is 0 Å². The third-order valence-corrected chi connectivity index (χ3v) is 5.14. The van der Waals surface area contributed by atoms with Gasteiger partial charge in [-0.05, 0) is 42.5 Å². The third-order valence-electron chi connectivity index (χ3n) is 2.80. The van der Waals surface area contributed by atoms with Crippen molar-refractivity contribution in [3.05, 3.63) is 68.8 Å². The van der Waals surface area contributed by atoms with Crippen molar-refractivity contribution in [2.45, 2.75) is 4.90 Å².